The summed E-state index contributed by atoms with van der Waals surface area (Å²) in [7, 11) is -2.31. The molecule has 1 amide bonds. The molecule has 2 N–H and O–H groups in total. The van der Waals surface area contributed by atoms with Crippen molar-refractivity contribution in [1.29, 1.82) is 0 Å². The number of aromatic nitrogens is 1. The molecule has 0 spiro atoms. The van der Waals surface area contributed by atoms with Crippen LogP contribution in [0.15, 0.2) is 46.1 Å². The van der Waals surface area contributed by atoms with Crippen LogP contribution in [0.25, 0.3) is 0 Å². The van der Waals surface area contributed by atoms with Crippen molar-refractivity contribution in [2.24, 2.45) is 0 Å². The summed E-state index contributed by atoms with van der Waals surface area (Å²) in [6.07, 6.45) is 0. The van der Waals surface area contributed by atoms with Crippen LogP contribution in [0.3, 0.4) is 0 Å². The summed E-state index contributed by atoms with van der Waals surface area (Å²) in [4.78, 5) is 24.2. The van der Waals surface area contributed by atoms with Gasteiger partial charge < -0.3 is 14.6 Å². The summed E-state index contributed by atoms with van der Waals surface area (Å²) >= 11 is 0. The Morgan fingerprint density at radius 2 is 1.77 bits per heavy atom. The van der Waals surface area contributed by atoms with Gasteiger partial charge in [0.1, 0.15) is 5.75 Å². The van der Waals surface area contributed by atoms with E-state index in [2.05, 4.69) is 10.0 Å². The second-order valence-corrected chi connectivity index (χ2v) is 9.74. The molecule has 9 heteroatoms. The lowest BCUT2D eigenvalue weighted by Gasteiger charge is -2.19. The van der Waals surface area contributed by atoms with Crippen molar-refractivity contribution in [3.05, 3.63) is 58.0 Å². The number of carbonyl (C=O) groups is 1. The summed E-state index contributed by atoms with van der Waals surface area (Å²) in [5.41, 5.74) is 1.40. The highest BCUT2D eigenvalue weighted by Crippen LogP contribution is 2.23. The van der Waals surface area contributed by atoms with Gasteiger partial charge in [-0.25, -0.2) is 13.1 Å². The smallest absolute Gasteiger partial charge is 0.254 e. The third-order valence-corrected chi connectivity index (χ3v) is 6.07. The summed E-state index contributed by atoms with van der Waals surface area (Å²) in [5, 5.41) is 2.61. The third kappa shape index (κ3) is 6.17. The zero-order chi connectivity index (χ0) is 22.5. The number of amides is 1. The van der Waals surface area contributed by atoms with Crippen LogP contribution in [0, 0.1) is 6.92 Å². The van der Waals surface area contributed by atoms with Crippen LogP contribution >= 0.6 is 0 Å². The first-order valence-electron chi connectivity index (χ1n) is 9.56. The number of benzene rings is 1. The number of nitrogens with one attached hydrogen (secondary N) is 2. The molecule has 0 fully saturated rings. The van der Waals surface area contributed by atoms with Crippen molar-refractivity contribution < 1.29 is 17.9 Å². The van der Waals surface area contributed by atoms with Crippen molar-refractivity contribution in [2.75, 3.05) is 20.2 Å². The van der Waals surface area contributed by atoms with Gasteiger partial charge in [-0.1, -0.05) is 32.9 Å². The van der Waals surface area contributed by atoms with E-state index in [9.17, 15) is 18.0 Å². The molecular formula is C21H29N3O5S. The Balaban J connectivity index is 1.89. The maximum atomic E-state index is 12.4. The molecule has 0 radical (unpaired) electrons. The molecule has 2 rings (SSSR count). The fraction of sp³-hybridized carbons (Fsp3) is 0.429. The average molecular weight is 436 g/mol. The van der Waals surface area contributed by atoms with E-state index in [4.69, 9.17) is 4.74 Å². The van der Waals surface area contributed by atoms with E-state index >= 15 is 0 Å². The Morgan fingerprint density at radius 3 is 2.30 bits per heavy atom. The molecular weight excluding hydrogens is 406 g/mol. The number of methoxy groups -OCH3 is 1. The normalized spacial score (nSPS) is 11.9. The monoisotopic (exact) mass is 435 g/mol. The molecule has 0 unspecified atom stereocenters. The Bertz CT molecular complexity index is 1050. The standard InChI is InChI=1S/C21H29N3O5S/c1-15-12-17(29-5)13-20(26)24(15)11-10-22-19(25)14-23-30(27,28)18-8-6-16(7-9-18)21(2,3)4/h6-9,12-13,23H,10-11,14H2,1-5H3,(H,22,25). The lowest BCUT2D eigenvalue weighted by molar-refractivity contribution is -0.120. The van der Waals surface area contributed by atoms with Gasteiger partial charge in [0.2, 0.25) is 15.9 Å². The highest BCUT2D eigenvalue weighted by molar-refractivity contribution is 7.89. The highest BCUT2D eigenvalue weighted by Gasteiger charge is 2.18. The third-order valence-electron chi connectivity index (χ3n) is 4.66. The fourth-order valence-corrected chi connectivity index (χ4v) is 3.83. The van der Waals surface area contributed by atoms with Crippen LogP contribution in [-0.4, -0.2) is 39.1 Å². The van der Waals surface area contributed by atoms with Crippen molar-refractivity contribution in [3.8, 4) is 5.75 Å². The molecule has 0 atom stereocenters. The number of sulfonamides is 1. The number of carbonyl (C=O) groups excluding carboxylic acids is 1. The number of hydrogen-bond donors (Lipinski definition) is 2. The van der Waals surface area contributed by atoms with E-state index in [1.54, 1.807) is 25.1 Å². The zero-order valence-corrected chi connectivity index (χ0v) is 18.8. The number of hydrogen-bond acceptors (Lipinski definition) is 5. The topological polar surface area (TPSA) is 106 Å². The lowest BCUT2D eigenvalue weighted by atomic mass is 9.87. The molecule has 2 aromatic rings. The molecule has 1 heterocycles. The molecule has 0 aliphatic rings. The Hall–Kier alpha value is -2.65. The van der Waals surface area contributed by atoms with Gasteiger partial charge in [-0.2, -0.15) is 0 Å². The average Bonchev–Trinajstić information content (AvgIpc) is 2.67. The van der Waals surface area contributed by atoms with Crippen molar-refractivity contribution >= 4 is 15.9 Å². The van der Waals surface area contributed by atoms with E-state index < -0.39 is 15.9 Å². The number of ether oxygens (including phenoxy) is 1. The van der Waals surface area contributed by atoms with E-state index in [0.717, 1.165) is 5.56 Å². The first-order valence-corrected chi connectivity index (χ1v) is 11.0. The molecule has 0 saturated heterocycles. The maximum absolute atomic E-state index is 12.4. The first kappa shape index (κ1) is 23.6. The Morgan fingerprint density at radius 1 is 1.13 bits per heavy atom. The summed E-state index contributed by atoms with van der Waals surface area (Å²) < 4.78 is 33.6. The van der Waals surface area contributed by atoms with Gasteiger partial charge >= 0.3 is 0 Å². The molecule has 164 valence electrons. The van der Waals surface area contributed by atoms with Gasteiger partial charge in [0, 0.05) is 24.8 Å². The van der Waals surface area contributed by atoms with Crippen LogP contribution in [-0.2, 0) is 26.8 Å². The predicted molar refractivity (Wildman–Crippen MR) is 115 cm³/mol. The Labute approximate surface area is 177 Å². The quantitative estimate of drug-likeness (QED) is 0.654. The maximum Gasteiger partial charge on any atom is 0.254 e. The predicted octanol–water partition coefficient (Wildman–Crippen LogP) is 1.56. The van der Waals surface area contributed by atoms with E-state index in [1.807, 2.05) is 20.8 Å². The van der Waals surface area contributed by atoms with Gasteiger partial charge in [0.05, 0.1) is 18.6 Å². The van der Waals surface area contributed by atoms with Crippen molar-refractivity contribution in [1.82, 2.24) is 14.6 Å². The largest absolute Gasteiger partial charge is 0.496 e. The lowest BCUT2D eigenvalue weighted by Crippen LogP contribution is -2.39. The van der Waals surface area contributed by atoms with Gasteiger partial charge in [0.25, 0.3) is 5.56 Å². The molecule has 0 saturated carbocycles. The molecule has 0 bridgehead atoms. The Kier molecular flexibility index (Phi) is 7.44. The van der Waals surface area contributed by atoms with Crippen LogP contribution < -0.4 is 20.3 Å². The van der Waals surface area contributed by atoms with Gasteiger partial charge in [0.15, 0.2) is 0 Å². The van der Waals surface area contributed by atoms with Crippen molar-refractivity contribution in [2.45, 2.75) is 44.6 Å². The van der Waals surface area contributed by atoms with E-state index in [1.165, 1.54) is 29.9 Å². The van der Waals surface area contributed by atoms with Crippen LogP contribution in [0.4, 0.5) is 0 Å². The zero-order valence-electron chi connectivity index (χ0n) is 18.0. The van der Waals surface area contributed by atoms with Crippen molar-refractivity contribution in [3.63, 3.8) is 0 Å². The second-order valence-electron chi connectivity index (χ2n) is 7.98. The first-order chi connectivity index (χ1) is 13.9. The van der Waals surface area contributed by atoms with Gasteiger partial charge in [-0.3, -0.25) is 9.59 Å². The summed E-state index contributed by atoms with van der Waals surface area (Å²) in [6, 6.07) is 9.68. The molecule has 1 aromatic heterocycles. The van der Waals surface area contributed by atoms with E-state index in [-0.39, 0.29) is 35.5 Å². The minimum Gasteiger partial charge on any atom is -0.496 e. The number of nitrogens with zero attached hydrogens (tertiary/aromatic N) is 1. The molecule has 8 nitrogen and oxygen atoms in total. The van der Waals surface area contributed by atoms with Gasteiger partial charge in [-0.05, 0) is 36.1 Å². The van der Waals surface area contributed by atoms with E-state index in [0.29, 0.717) is 11.4 Å². The second kappa shape index (κ2) is 9.44. The van der Waals surface area contributed by atoms with Crippen LogP contribution in [0.1, 0.15) is 32.0 Å². The minimum atomic E-state index is -3.80. The highest BCUT2D eigenvalue weighted by atomic mass is 32.2. The summed E-state index contributed by atoms with van der Waals surface area (Å²) in [6.45, 7) is 7.96. The summed E-state index contributed by atoms with van der Waals surface area (Å²) in [5.74, 6) is -0.00757. The minimum absolute atomic E-state index is 0.0835. The van der Waals surface area contributed by atoms with Crippen LogP contribution in [0.5, 0.6) is 5.75 Å². The molecule has 0 aliphatic carbocycles. The fourth-order valence-electron chi connectivity index (χ4n) is 2.85. The number of pyridine rings is 1. The number of rotatable bonds is 8. The molecule has 30 heavy (non-hydrogen) atoms. The molecule has 0 aliphatic heterocycles. The SMILES string of the molecule is COc1cc(C)n(CCNC(=O)CNS(=O)(=O)c2ccc(C(C)(C)C)cc2)c(=O)c1. The van der Waals surface area contributed by atoms with Crippen LogP contribution in [0.2, 0.25) is 0 Å². The number of aryl methyl sites for hydroxylation is 1. The molecule has 1 aromatic carbocycles. The van der Waals surface area contributed by atoms with Gasteiger partial charge in [-0.15, -0.1) is 0 Å².